The average Bonchev–Trinajstić information content (AvgIpc) is 2.66. The van der Waals surface area contributed by atoms with Crippen molar-refractivity contribution in [2.45, 2.75) is 123 Å². The van der Waals surface area contributed by atoms with Crippen molar-refractivity contribution in [1.29, 1.82) is 0 Å². The second-order valence-corrected chi connectivity index (χ2v) is 9.26. The van der Waals surface area contributed by atoms with Gasteiger partial charge in [0.05, 0.1) is 0 Å². The summed E-state index contributed by atoms with van der Waals surface area (Å²) in [5.41, 5.74) is 0. The van der Waals surface area contributed by atoms with Gasteiger partial charge in [-0.3, -0.25) is 9.59 Å². The van der Waals surface area contributed by atoms with Gasteiger partial charge in [0.1, 0.15) is 6.04 Å². The lowest BCUT2D eigenvalue weighted by atomic mass is 10.1. The number of amides is 2. The van der Waals surface area contributed by atoms with E-state index in [2.05, 4.69) is 24.5 Å². The fourth-order valence-corrected chi connectivity index (χ4v) is 4.19. The minimum absolute atomic E-state index is 0.0127. The molecule has 0 saturated heterocycles. The molecule has 0 radical (unpaired) electrons. The van der Waals surface area contributed by atoms with E-state index >= 15 is 0 Å². The predicted octanol–water partition coefficient (Wildman–Crippen LogP) is 5.84. The molecule has 0 heterocycles. The molecule has 0 saturated carbocycles. The van der Waals surface area contributed by atoms with Crippen LogP contribution in [0.25, 0.3) is 0 Å². The molecule has 2 amide bonds. The van der Waals surface area contributed by atoms with Crippen LogP contribution in [0.4, 0.5) is 0 Å². The first-order valence-corrected chi connectivity index (χ1v) is 12.8. The van der Waals surface area contributed by atoms with E-state index in [0.29, 0.717) is 6.42 Å². The maximum Gasteiger partial charge on any atom is 0.242 e. The molecule has 0 fully saturated rings. The third-order valence-electron chi connectivity index (χ3n) is 5.00. The van der Waals surface area contributed by atoms with Gasteiger partial charge in [-0.25, -0.2) is 0 Å². The van der Waals surface area contributed by atoms with Crippen LogP contribution >= 0.6 is 11.8 Å². The molecule has 2 N–H and O–H groups in total. The molecule has 0 spiro atoms. The van der Waals surface area contributed by atoms with E-state index in [0.717, 1.165) is 25.0 Å². The first-order valence-electron chi connectivity index (χ1n) is 11.7. The highest BCUT2D eigenvalue weighted by atomic mass is 32.2. The SMILES string of the molecule is CCCCCCCCSCC[C@H](C)NC(=O)[C@H](C)NC(=O)CCCCCCC. The fraction of sp³-hybridized carbons (Fsp3) is 0.913. The van der Waals surface area contributed by atoms with E-state index in [1.165, 1.54) is 63.5 Å². The van der Waals surface area contributed by atoms with Gasteiger partial charge in [-0.15, -0.1) is 0 Å². The van der Waals surface area contributed by atoms with Gasteiger partial charge in [-0.05, 0) is 44.6 Å². The molecule has 5 heteroatoms. The first-order chi connectivity index (χ1) is 13.5. The molecule has 0 aliphatic heterocycles. The molecule has 0 aromatic rings. The largest absolute Gasteiger partial charge is 0.352 e. The number of unbranched alkanes of at least 4 members (excludes halogenated alkanes) is 9. The lowest BCUT2D eigenvalue weighted by molar-refractivity contribution is -0.129. The van der Waals surface area contributed by atoms with Crippen LogP contribution in [-0.4, -0.2) is 35.4 Å². The first kappa shape index (κ1) is 27.3. The summed E-state index contributed by atoms with van der Waals surface area (Å²) in [5, 5.41) is 5.85. The Morgan fingerprint density at radius 1 is 0.750 bits per heavy atom. The third kappa shape index (κ3) is 17.4. The molecule has 2 atom stereocenters. The Balaban J connectivity index is 3.68. The van der Waals surface area contributed by atoms with Crippen LogP contribution in [0.2, 0.25) is 0 Å². The van der Waals surface area contributed by atoms with Crippen LogP contribution in [0, 0.1) is 0 Å². The zero-order chi connectivity index (χ0) is 21.0. The van der Waals surface area contributed by atoms with Gasteiger partial charge < -0.3 is 10.6 Å². The average molecular weight is 415 g/mol. The highest BCUT2D eigenvalue weighted by Gasteiger charge is 2.17. The minimum Gasteiger partial charge on any atom is -0.352 e. The topological polar surface area (TPSA) is 58.2 Å². The quantitative estimate of drug-likeness (QED) is 0.261. The Bertz CT molecular complexity index is 391. The summed E-state index contributed by atoms with van der Waals surface area (Å²) in [7, 11) is 0. The van der Waals surface area contributed by atoms with Crippen LogP contribution in [0.15, 0.2) is 0 Å². The highest BCUT2D eigenvalue weighted by Crippen LogP contribution is 2.11. The lowest BCUT2D eigenvalue weighted by Gasteiger charge is -2.18. The monoisotopic (exact) mass is 414 g/mol. The highest BCUT2D eigenvalue weighted by molar-refractivity contribution is 7.99. The van der Waals surface area contributed by atoms with Crippen molar-refractivity contribution in [2.24, 2.45) is 0 Å². The van der Waals surface area contributed by atoms with Gasteiger partial charge in [0.2, 0.25) is 11.8 Å². The summed E-state index contributed by atoms with van der Waals surface area (Å²) >= 11 is 1.99. The molecular formula is C23H46N2O2S. The van der Waals surface area contributed by atoms with Crippen LogP contribution < -0.4 is 10.6 Å². The number of hydrogen-bond acceptors (Lipinski definition) is 3. The fourth-order valence-electron chi connectivity index (χ4n) is 3.05. The van der Waals surface area contributed by atoms with Gasteiger partial charge in [0.15, 0.2) is 0 Å². The van der Waals surface area contributed by atoms with Gasteiger partial charge in [-0.1, -0.05) is 71.6 Å². The van der Waals surface area contributed by atoms with Gasteiger partial charge >= 0.3 is 0 Å². The molecule has 4 nitrogen and oxygen atoms in total. The maximum absolute atomic E-state index is 12.2. The Morgan fingerprint density at radius 3 is 1.96 bits per heavy atom. The van der Waals surface area contributed by atoms with Crippen molar-refractivity contribution < 1.29 is 9.59 Å². The van der Waals surface area contributed by atoms with E-state index in [-0.39, 0.29) is 17.9 Å². The number of hydrogen-bond donors (Lipinski definition) is 2. The molecule has 0 aromatic heterocycles. The van der Waals surface area contributed by atoms with Gasteiger partial charge in [0.25, 0.3) is 0 Å². The molecule has 0 rings (SSSR count). The third-order valence-corrected chi connectivity index (χ3v) is 6.11. The Hall–Kier alpha value is -0.710. The molecule has 166 valence electrons. The van der Waals surface area contributed by atoms with Crippen LogP contribution in [0.1, 0.15) is 111 Å². The van der Waals surface area contributed by atoms with Crippen LogP contribution in [-0.2, 0) is 9.59 Å². The second-order valence-electron chi connectivity index (χ2n) is 8.03. The molecular weight excluding hydrogens is 368 g/mol. The van der Waals surface area contributed by atoms with Crippen LogP contribution in [0.3, 0.4) is 0 Å². The summed E-state index contributed by atoms with van der Waals surface area (Å²) in [6.45, 7) is 8.25. The summed E-state index contributed by atoms with van der Waals surface area (Å²) in [5.74, 6) is 2.21. The molecule has 0 aromatic carbocycles. The number of nitrogens with one attached hydrogen (secondary N) is 2. The van der Waals surface area contributed by atoms with E-state index in [1.54, 1.807) is 6.92 Å². The Morgan fingerprint density at radius 2 is 1.32 bits per heavy atom. The number of thioether (sulfide) groups is 1. The van der Waals surface area contributed by atoms with Crippen molar-refractivity contribution in [3.05, 3.63) is 0 Å². The zero-order valence-corrected chi connectivity index (χ0v) is 19.8. The summed E-state index contributed by atoms with van der Waals surface area (Å²) < 4.78 is 0. The summed E-state index contributed by atoms with van der Waals surface area (Å²) in [6.07, 6.45) is 15.2. The van der Waals surface area contributed by atoms with Crippen LogP contribution in [0.5, 0.6) is 0 Å². The smallest absolute Gasteiger partial charge is 0.242 e. The van der Waals surface area contributed by atoms with Crippen molar-refractivity contribution >= 4 is 23.6 Å². The molecule has 0 aliphatic carbocycles. The second kappa shape index (κ2) is 19.6. The zero-order valence-electron chi connectivity index (χ0n) is 19.0. The molecule has 28 heavy (non-hydrogen) atoms. The van der Waals surface area contributed by atoms with E-state index in [1.807, 2.05) is 18.7 Å². The normalized spacial score (nSPS) is 13.1. The Labute approximate surface area is 178 Å². The van der Waals surface area contributed by atoms with E-state index < -0.39 is 6.04 Å². The van der Waals surface area contributed by atoms with Gasteiger partial charge in [0, 0.05) is 12.5 Å². The number of carbonyl (C=O) groups excluding carboxylic acids is 2. The van der Waals surface area contributed by atoms with E-state index in [4.69, 9.17) is 0 Å². The number of carbonyl (C=O) groups is 2. The summed E-state index contributed by atoms with van der Waals surface area (Å²) in [6, 6.07) is -0.306. The molecule has 0 bridgehead atoms. The van der Waals surface area contributed by atoms with Crippen molar-refractivity contribution in [2.75, 3.05) is 11.5 Å². The van der Waals surface area contributed by atoms with Crippen molar-refractivity contribution in [1.82, 2.24) is 10.6 Å². The summed E-state index contributed by atoms with van der Waals surface area (Å²) in [4.78, 5) is 24.2. The van der Waals surface area contributed by atoms with E-state index in [9.17, 15) is 9.59 Å². The maximum atomic E-state index is 12.2. The van der Waals surface area contributed by atoms with Crippen molar-refractivity contribution in [3.63, 3.8) is 0 Å². The lowest BCUT2D eigenvalue weighted by Crippen LogP contribution is -2.47. The number of rotatable bonds is 19. The van der Waals surface area contributed by atoms with Crippen molar-refractivity contribution in [3.8, 4) is 0 Å². The minimum atomic E-state index is -0.457. The predicted molar refractivity (Wildman–Crippen MR) is 124 cm³/mol. The molecule has 0 unspecified atom stereocenters. The Kier molecular flexibility index (Phi) is 19.1. The molecule has 0 aliphatic rings. The standard InChI is InChI=1S/C23H46N2O2S/c1-5-7-9-11-13-15-18-28-19-17-20(3)24-23(27)21(4)25-22(26)16-14-12-10-8-6-2/h20-21H,5-19H2,1-4H3,(H,24,27)(H,25,26)/t20-,21-/m0/s1. The van der Waals surface area contributed by atoms with Gasteiger partial charge in [-0.2, -0.15) is 11.8 Å².